The van der Waals surface area contributed by atoms with E-state index in [1.54, 1.807) is 4.90 Å². The molecular formula is C26H18Cl2N2OS2. The number of amides is 1. The van der Waals surface area contributed by atoms with Crippen molar-refractivity contribution in [3.05, 3.63) is 105 Å². The van der Waals surface area contributed by atoms with Crippen LogP contribution in [0.25, 0.3) is 17.0 Å². The molecule has 0 spiro atoms. The van der Waals surface area contributed by atoms with Gasteiger partial charge in [0.05, 0.1) is 17.1 Å². The van der Waals surface area contributed by atoms with E-state index < -0.39 is 0 Å². The molecule has 4 aromatic rings. The fourth-order valence-corrected chi connectivity index (χ4v) is 5.80. The Morgan fingerprint density at radius 1 is 0.970 bits per heavy atom. The van der Waals surface area contributed by atoms with E-state index in [4.69, 9.17) is 35.4 Å². The standard InChI is InChI=1S/C26H18Cl2N2OS2/c1-16-7-2-4-11-22(16)30-25(31)24(33-26(30)32)13-17-14-29(23-12-5-3-8-18(17)23)15-19-20(27)9-6-10-21(19)28/h2-14H,15H2,1H3/b24-13+. The van der Waals surface area contributed by atoms with Gasteiger partial charge in [0.1, 0.15) is 0 Å². The Balaban J connectivity index is 1.56. The van der Waals surface area contributed by atoms with Gasteiger partial charge in [-0.15, -0.1) is 0 Å². The molecule has 1 aromatic heterocycles. The summed E-state index contributed by atoms with van der Waals surface area (Å²) < 4.78 is 2.64. The number of halogens is 2. The summed E-state index contributed by atoms with van der Waals surface area (Å²) in [6, 6.07) is 21.4. The van der Waals surface area contributed by atoms with Crippen molar-refractivity contribution in [3.8, 4) is 0 Å². The van der Waals surface area contributed by atoms with Crippen molar-refractivity contribution < 1.29 is 4.79 Å². The zero-order valence-electron chi connectivity index (χ0n) is 17.6. The van der Waals surface area contributed by atoms with E-state index in [0.717, 1.165) is 33.3 Å². The van der Waals surface area contributed by atoms with E-state index in [1.165, 1.54) is 11.8 Å². The van der Waals surface area contributed by atoms with E-state index in [2.05, 4.69) is 10.6 Å². The summed E-state index contributed by atoms with van der Waals surface area (Å²) in [5.74, 6) is -0.106. The molecule has 1 fully saturated rings. The molecule has 0 unspecified atom stereocenters. The van der Waals surface area contributed by atoms with Crippen LogP contribution in [-0.4, -0.2) is 14.8 Å². The first kappa shape index (κ1) is 22.2. The number of thiocarbonyl (C=S) groups is 1. The number of benzene rings is 3. The van der Waals surface area contributed by atoms with Crippen LogP contribution < -0.4 is 4.90 Å². The minimum Gasteiger partial charge on any atom is -0.342 e. The number of hydrogen-bond donors (Lipinski definition) is 0. The Hall–Kier alpha value is -2.57. The highest BCUT2D eigenvalue weighted by Crippen LogP contribution is 2.38. The second-order valence-electron chi connectivity index (χ2n) is 7.73. The Labute approximate surface area is 211 Å². The molecule has 0 aliphatic carbocycles. The van der Waals surface area contributed by atoms with Crippen LogP contribution in [0.4, 0.5) is 5.69 Å². The maximum absolute atomic E-state index is 13.3. The van der Waals surface area contributed by atoms with Crippen LogP contribution >= 0.6 is 47.2 Å². The number of aryl methyl sites for hydroxylation is 1. The molecule has 5 rings (SSSR count). The Bertz CT molecular complexity index is 1440. The van der Waals surface area contributed by atoms with Gasteiger partial charge in [0, 0.05) is 38.3 Å². The van der Waals surface area contributed by atoms with E-state index >= 15 is 0 Å². The van der Waals surface area contributed by atoms with Gasteiger partial charge in [0.2, 0.25) is 0 Å². The van der Waals surface area contributed by atoms with Crippen LogP contribution in [-0.2, 0) is 11.3 Å². The minimum absolute atomic E-state index is 0.106. The highest BCUT2D eigenvalue weighted by atomic mass is 35.5. The molecule has 1 saturated heterocycles. The number of nitrogens with zero attached hydrogens (tertiary/aromatic N) is 2. The summed E-state index contributed by atoms with van der Waals surface area (Å²) in [6.07, 6.45) is 3.95. The molecule has 0 bridgehead atoms. The van der Waals surface area contributed by atoms with E-state index in [-0.39, 0.29) is 5.91 Å². The average molecular weight is 509 g/mol. The number of anilines is 1. The third kappa shape index (κ3) is 4.11. The molecule has 1 aliphatic heterocycles. The predicted molar refractivity (Wildman–Crippen MR) is 144 cm³/mol. The van der Waals surface area contributed by atoms with Gasteiger partial charge in [-0.3, -0.25) is 9.69 Å². The second kappa shape index (κ2) is 8.99. The van der Waals surface area contributed by atoms with Crippen LogP contribution in [0.5, 0.6) is 0 Å². The number of carbonyl (C=O) groups excluding carboxylic acids is 1. The van der Waals surface area contributed by atoms with Crippen molar-refractivity contribution >= 4 is 80.1 Å². The third-order valence-electron chi connectivity index (χ3n) is 5.65. The van der Waals surface area contributed by atoms with Crippen LogP contribution in [0.3, 0.4) is 0 Å². The number of rotatable bonds is 4. The molecule has 33 heavy (non-hydrogen) atoms. The first-order valence-electron chi connectivity index (χ1n) is 10.3. The third-order valence-corrected chi connectivity index (χ3v) is 7.66. The molecule has 1 amide bonds. The van der Waals surface area contributed by atoms with Crippen molar-refractivity contribution in [2.24, 2.45) is 0 Å². The maximum atomic E-state index is 13.3. The molecule has 1 aliphatic rings. The highest BCUT2D eigenvalue weighted by molar-refractivity contribution is 8.27. The van der Waals surface area contributed by atoms with Gasteiger partial charge in [0.25, 0.3) is 5.91 Å². The molecule has 3 aromatic carbocycles. The lowest BCUT2D eigenvalue weighted by Crippen LogP contribution is -2.28. The van der Waals surface area contributed by atoms with Crippen LogP contribution in [0.1, 0.15) is 16.7 Å². The van der Waals surface area contributed by atoms with E-state index in [1.807, 2.05) is 79.9 Å². The number of thioether (sulfide) groups is 1. The van der Waals surface area contributed by atoms with Crippen LogP contribution in [0.15, 0.2) is 77.8 Å². The summed E-state index contributed by atoms with van der Waals surface area (Å²) in [5, 5.41) is 2.30. The monoisotopic (exact) mass is 508 g/mol. The normalized spacial score (nSPS) is 15.2. The van der Waals surface area contributed by atoms with E-state index in [0.29, 0.717) is 25.8 Å². The summed E-state index contributed by atoms with van der Waals surface area (Å²) in [4.78, 5) is 15.5. The zero-order chi connectivity index (χ0) is 23.1. The topological polar surface area (TPSA) is 25.2 Å². The van der Waals surface area contributed by atoms with Gasteiger partial charge in [-0.05, 0) is 42.8 Å². The fourth-order valence-electron chi connectivity index (χ4n) is 4.01. The smallest absolute Gasteiger partial charge is 0.270 e. The average Bonchev–Trinajstić information content (AvgIpc) is 3.28. The summed E-state index contributed by atoms with van der Waals surface area (Å²) in [5.41, 5.74) is 4.66. The largest absolute Gasteiger partial charge is 0.342 e. The Morgan fingerprint density at radius 3 is 2.42 bits per heavy atom. The van der Waals surface area contributed by atoms with Crippen molar-refractivity contribution in [2.75, 3.05) is 4.90 Å². The van der Waals surface area contributed by atoms with Crippen molar-refractivity contribution in [1.82, 2.24) is 4.57 Å². The Kier molecular flexibility index (Phi) is 6.06. The second-order valence-corrected chi connectivity index (χ2v) is 10.2. The number of carbonyl (C=O) groups is 1. The minimum atomic E-state index is -0.106. The first-order valence-corrected chi connectivity index (χ1v) is 12.3. The molecule has 0 N–H and O–H groups in total. The van der Waals surface area contributed by atoms with Gasteiger partial charge in [0.15, 0.2) is 4.32 Å². The van der Waals surface area contributed by atoms with Crippen molar-refractivity contribution in [2.45, 2.75) is 13.5 Å². The zero-order valence-corrected chi connectivity index (χ0v) is 20.7. The lowest BCUT2D eigenvalue weighted by atomic mass is 10.1. The van der Waals surface area contributed by atoms with Crippen molar-refractivity contribution in [1.29, 1.82) is 0 Å². The number of aromatic nitrogens is 1. The quantitative estimate of drug-likeness (QED) is 0.208. The Morgan fingerprint density at radius 2 is 1.67 bits per heavy atom. The molecule has 0 saturated carbocycles. The summed E-state index contributed by atoms with van der Waals surface area (Å²) in [7, 11) is 0. The summed E-state index contributed by atoms with van der Waals surface area (Å²) >= 11 is 19.7. The van der Waals surface area contributed by atoms with Gasteiger partial charge in [-0.2, -0.15) is 0 Å². The predicted octanol–water partition coefficient (Wildman–Crippen LogP) is 7.71. The van der Waals surface area contributed by atoms with E-state index in [9.17, 15) is 4.79 Å². The molecule has 7 heteroatoms. The molecular weight excluding hydrogens is 491 g/mol. The van der Waals surface area contributed by atoms with Crippen LogP contribution in [0, 0.1) is 6.92 Å². The summed E-state index contributed by atoms with van der Waals surface area (Å²) in [6.45, 7) is 2.50. The molecule has 0 atom stereocenters. The number of fused-ring (bicyclic) bond motifs is 1. The maximum Gasteiger partial charge on any atom is 0.270 e. The number of para-hydroxylation sites is 2. The van der Waals surface area contributed by atoms with Gasteiger partial charge >= 0.3 is 0 Å². The SMILES string of the molecule is Cc1ccccc1N1C(=O)/C(=C\c2cn(Cc3c(Cl)cccc3Cl)c3ccccc23)SC1=S. The molecule has 2 heterocycles. The fraction of sp³-hybridized carbons (Fsp3) is 0.0769. The van der Waals surface area contributed by atoms with Gasteiger partial charge in [-0.25, -0.2) is 0 Å². The first-order chi connectivity index (χ1) is 15.9. The van der Waals surface area contributed by atoms with Crippen molar-refractivity contribution in [3.63, 3.8) is 0 Å². The lowest BCUT2D eigenvalue weighted by molar-refractivity contribution is -0.113. The van der Waals surface area contributed by atoms with Gasteiger partial charge < -0.3 is 4.57 Å². The molecule has 3 nitrogen and oxygen atoms in total. The molecule has 164 valence electrons. The molecule has 0 radical (unpaired) electrons. The highest BCUT2D eigenvalue weighted by Gasteiger charge is 2.34. The van der Waals surface area contributed by atoms with Crippen LogP contribution in [0.2, 0.25) is 10.0 Å². The lowest BCUT2D eigenvalue weighted by Gasteiger charge is -2.16. The number of hydrogen-bond acceptors (Lipinski definition) is 3. The van der Waals surface area contributed by atoms with Gasteiger partial charge in [-0.1, -0.05) is 89.6 Å².